The minimum Gasteiger partial charge on any atom is -0.369 e. The van der Waals surface area contributed by atoms with Gasteiger partial charge in [-0.05, 0) is 38.2 Å². The summed E-state index contributed by atoms with van der Waals surface area (Å²) in [7, 11) is 0. The average Bonchev–Trinajstić information content (AvgIpc) is 3.07. The van der Waals surface area contributed by atoms with Crippen LogP contribution in [0.5, 0.6) is 0 Å². The number of aromatic nitrogens is 3. The highest BCUT2D eigenvalue weighted by molar-refractivity contribution is 6.30. The maximum absolute atomic E-state index is 6.10. The van der Waals surface area contributed by atoms with E-state index < -0.39 is 0 Å². The predicted molar refractivity (Wildman–Crippen MR) is 101 cm³/mol. The highest BCUT2D eigenvalue weighted by atomic mass is 35.5. The van der Waals surface area contributed by atoms with Gasteiger partial charge in [0.05, 0.1) is 0 Å². The van der Waals surface area contributed by atoms with Gasteiger partial charge < -0.3 is 14.7 Å². The Hall–Kier alpha value is -2.18. The maximum atomic E-state index is 6.10. The summed E-state index contributed by atoms with van der Waals surface area (Å²) in [6, 6.07) is 7.52. The second kappa shape index (κ2) is 8.27. The molecule has 0 radical (unpaired) electrons. The van der Waals surface area contributed by atoms with Crippen molar-refractivity contribution in [3.05, 3.63) is 35.6 Å². The van der Waals surface area contributed by atoms with Crippen LogP contribution in [0.3, 0.4) is 0 Å². The Morgan fingerprint density at radius 1 is 1.20 bits per heavy atom. The lowest BCUT2D eigenvalue weighted by Gasteiger charge is -2.17. The quantitative estimate of drug-likeness (QED) is 0.611. The fraction of sp³-hybridized carbons (Fsp3) is 0.389. The van der Waals surface area contributed by atoms with Crippen molar-refractivity contribution >= 4 is 28.5 Å². The molecule has 1 N–H and O–H groups in total. The van der Waals surface area contributed by atoms with Crippen molar-refractivity contribution in [2.45, 2.75) is 20.3 Å². The Kier molecular flexibility index (Phi) is 5.83. The fourth-order valence-corrected chi connectivity index (χ4v) is 2.99. The van der Waals surface area contributed by atoms with Crippen molar-refractivity contribution in [1.29, 1.82) is 0 Å². The van der Waals surface area contributed by atoms with Crippen LogP contribution in [0, 0.1) is 0 Å². The summed E-state index contributed by atoms with van der Waals surface area (Å²) in [4.78, 5) is 10.9. The van der Waals surface area contributed by atoms with Gasteiger partial charge in [0, 0.05) is 17.1 Å². The monoisotopic (exact) mass is 359 g/mol. The van der Waals surface area contributed by atoms with Gasteiger partial charge in [-0.2, -0.15) is 4.98 Å². The molecule has 0 amide bonds. The summed E-state index contributed by atoms with van der Waals surface area (Å²) in [5.74, 6) is 0.737. The molecule has 0 saturated heterocycles. The number of anilines is 1. The first-order valence-corrected chi connectivity index (χ1v) is 8.93. The number of rotatable bonds is 8. The lowest BCUT2D eigenvalue weighted by atomic mass is 10.1. The van der Waals surface area contributed by atoms with Gasteiger partial charge in [0.1, 0.15) is 23.2 Å². The summed E-state index contributed by atoms with van der Waals surface area (Å²) < 4.78 is 5.37. The summed E-state index contributed by atoms with van der Waals surface area (Å²) in [6.45, 7) is 8.37. The molecule has 2 aromatic heterocycles. The molecule has 25 heavy (non-hydrogen) atoms. The van der Waals surface area contributed by atoms with Gasteiger partial charge >= 0.3 is 0 Å². The average molecular weight is 360 g/mol. The molecular formula is C18H22ClN5O. The van der Waals surface area contributed by atoms with E-state index in [1.54, 1.807) is 0 Å². The molecule has 0 aliphatic heterocycles. The van der Waals surface area contributed by atoms with E-state index >= 15 is 0 Å². The molecule has 0 saturated carbocycles. The molecule has 132 valence electrons. The molecule has 0 unspecified atom stereocenters. The lowest BCUT2D eigenvalue weighted by Crippen LogP contribution is -2.25. The predicted octanol–water partition coefficient (Wildman–Crippen LogP) is 4.08. The third-order valence-electron chi connectivity index (χ3n) is 4.21. The number of benzene rings is 1. The van der Waals surface area contributed by atoms with Crippen LogP contribution in [0.25, 0.3) is 22.4 Å². The highest BCUT2D eigenvalue weighted by Gasteiger charge is 2.16. The number of hydrogen-bond acceptors (Lipinski definition) is 6. The molecule has 0 fully saturated rings. The van der Waals surface area contributed by atoms with Crippen LogP contribution in [0.4, 0.5) is 5.82 Å². The first kappa shape index (κ1) is 17.6. The number of nitrogens with one attached hydrogen (secondary N) is 1. The van der Waals surface area contributed by atoms with Crippen molar-refractivity contribution in [1.82, 2.24) is 20.0 Å². The van der Waals surface area contributed by atoms with Gasteiger partial charge in [-0.25, -0.2) is 4.98 Å². The molecular weight excluding hydrogens is 338 g/mol. The lowest BCUT2D eigenvalue weighted by molar-refractivity contribution is 0.303. The third-order valence-corrected chi connectivity index (χ3v) is 4.44. The van der Waals surface area contributed by atoms with Crippen LogP contribution in [0.2, 0.25) is 5.02 Å². The minimum atomic E-state index is 0.469. The van der Waals surface area contributed by atoms with Crippen LogP contribution < -0.4 is 5.32 Å². The van der Waals surface area contributed by atoms with E-state index in [1.807, 2.05) is 24.3 Å². The van der Waals surface area contributed by atoms with Gasteiger partial charge in [-0.3, -0.25) is 0 Å². The molecule has 6 nitrogen and oxygen atoms in total. The summed E-state index contributed by atoms with van der Waals surface area (Å²) >= 11 is 6.10. The van der Waals surface area contributed by atoms with Gasteiger partial charge in [-0.15, -0.1) is 0 Å². The van der Waals surface area contributed by atoms with E-state index in [4.69, 9.17) is 16.1 Å². The van der Waals surface area contributed by atoms with Gasteiger partial charge in [0.15, 0.2) is 0 Å². The zero-order valence-electron chi connectivity index (χ0n) is 14.5. The van der Waals surface area contributed by atoms with Gasteiger partial charge in [0.2, 0.25) is 0 Å². The Morgan fingerprint density at radius 2 is 2.04 bits per heavy atom. The van der Waals surface area contributed by atoms with Crippen molar-refractivity contribution < 1.29 is 4.52 Å². The smallest absolute Gasteiger partial charge is 0.263 e. The molecule has 0 bridgehead atoms. The molecule has 3 aromatic rings. The molecule has 3 rings (SSSR count). The van der Waals surface area contributed by atoms with E-state index in [0.717, 1.165) is 49.4 Å². The molecule has 7 heteroatoms. The standard InChI is InChI=1S/C18H22ClN5O/c1-3-24(4-2)10-6-9-20-17-15-16(13-7-5-8-14(19)11-13)23-25-18(15)22-12-21-17/h5,7-8,11-12H,3-4,6,9-10H2,1-2H3,(H,20,21,22). The number of hydrogen-bond donors (Lipinski definition) is 1. The molecule has 1 aromatic carbocycles. The van der Waals surface area contributed by atoms with Crippen molar-refractivity contribution in [3.63, 3.8) is 0 Å². The van der Waals surface area contributed by atoms with Crippen molar-refractivity contribution in [2.24, 2.45) is 0 Å². The van der Waals surface area contributed by atoms with Crippen LogP contribution in [0.1, 0.15) is 20.3 Å². The molecule has 2 heterocycles. The Morgan fingerprint density at radius 3 is 2.80 bits per heavy atom. The summed E-state index contributed by atoms with van der Waals surface area (Å²) in [5, 5.41) is 8.99. The summed E-state index contributed by atoms with van der Waals surface area (Å²) in [5.41, 5.74) is 2.05. The van der Waals surface area contributed by atoms with Crippen molar-refractivity contribution in [2.75, 3.05) is 31.5 Å². The highest BCUT2D eigenvalue weighted by Crippen LogP contribution is 2.32. The SMILES string of the molecule is CCN(CC)CCCNc1ncnc2onc(-c3cccc(Cl)c3)c12. The first-order valence-electron chi connectivity index (χ1n) is 8.55. The summed E-state index contributed by atoms with van der Waals surface area (Å²) in [6.07, 6.45) is 2.52. The minimum absolute atomic E-state index is 0.469. The molecule has 0 spiro atoms. The van der Waals surface area contributed by atoms with Crippen LogP contribution >= 0.6 is 11.6 Å². The molecule has 0 atom stereocenters. The van der Waals surface area contributed by atoms with Gasteiger partial charge in [0.25, 0.3) is 5.71 Å². The van der Waals surface area contributed by atoms with E-state index in [9.17, 15) is 0 Å². The molecule has 0 aliphatic rings. The second-order valence-electron chi connectivity index (χ2n) is 5.75. The zero-order valence-corrected chi connectivity index (χ0v) is 15.3. The Labute approximate surface area is 152 Å². The van der Waals surface area contributed by atoms with E-state index in [1.165, 1.54) is 6.33 Å². The van der Waals surface area contributed by atoms with E-state index in [-0.39, 0.29) is 0 Å². The van der Waals surface area contributed by atoms with E-state index in [2.05, 4.69) is 39.2 Å². The van der Waals surface area contributed by atoms with Crippen LogP contribution in [-0.4, -0.2) is 46.2 Å². The van der Waals surface area contributed by atoms with E-state index in [0.29, 0.717) is 16.4 Å². The normalized spacial score (nSPS) is 11.4. The fourth-order valence-electron chi connectivity index (χ4n) is 2.80. The topological polar surface area (TPSA) is 67.1 Å². The molecule has 0 aliphatic carbocycles. The number of nitrogens with zero attached hydrogens (tertiary/aromatic N) is 4. The first-order chi connectivity index (χ1) is 12.2. The third kappa shape index (κ3) is 4.08. The van der Waals surface area contributed by atoms with Crippen LogP contribution in [0.15, 0.2) is 35.1 Å². The van der Waals surface area contributed by atoms with Gasteiger partial charge in [-0.1, -0.05) is 42.7 Å². The zero-order chi connectivity index (χ0) is 17.6. The number of halogens is 1. The number of fused-ring (bicyclic) bond motifs is 1. The second-order valence-corrected chi connectivity index (χ2v) is 6.19. The Bertz CT molecular complexity index is 831. The van der Waals surface area contributed by atoms with Crippen LogP contribution in [-0.2, 0) is 0 Å². The largest absolute Gasteiger partial charge is 0.369 e. The maximum Gasteiger partial charge on any atom is 0.263 e. The van der Waals surface area contributed by atoms with Crippen molar-refractivity contribution in [3.8, 4) is 11.3 Å². The Balaban J connectivity index is 1.80.